The van der Waals surface area contributed by atoms with Gasteiger partial charge in [-0.3, -0.25) is 4.99 Å². The monoisotopic (exact) mass is 193 g/mol. The molecule has 0 radical (unpaired) electrons. The molecule has 2 heteroatoms. The summed E-state index contributed by atoms with van der Waals surface area (Å²) >= 11 is 0. The Labute approximate surface area is 84.7 Å². The summed E-state index contributed by atoms with van der Waals surface area (Å²) < 4.78 is 12.8. The number of benzene rings is 1. The van der Waals surface area contributed by atoms with Crippen LogP contribution in [0.5, 0.6) is 0 Å². The molecule has 1 aromatic rings. The van der Waals surface area contributed by atoms with Crippen LogP contribution in [0.25, 0.3) is 0 Å². The Morgan fingerprint density at radius 3 is 2.71 bits per heavy atom. The van der Waals surface area contributed by atoms with Gasteiger partial charge in [0.15, 0.2) is 0 Å². The number of aryl methyl sites for hydroxylation is 1. The van der Waals surface area contributed by atoms with Gasteiger partial charge in [0.25, 0.3) is 0 Å². The summed E-state index contributed by atoms with van der Waals surface area (Å²) in [5.74, 6) is 0.371. The molecule has 0 spiro atoms. The second-order valence-corrected chi connectivity index (χ2v) is 3.89. The van der Waals surface area contributed by atoms with Crippen LogP contribution in [0, 0.1) is 18.7 Å². The van der Waals surface area contributed by atoms with Gasteiger partial charge in [0, 0.05) is 12.8 Å². The zero-order valence-corrected chi connectivity index (χ0v) is 8.92. The van der Waals surface area contributed by atoms with Crippen LogP contribution in [0.2, 0.25) is 0 Å². The van der Waals surface area contributed by atoms with E-state index in [1.165, 1.54) is 12.1 Å². The van der Waals surface area contributed by atoms with Crippen molar-refractivity contribution in [3.8, 4) is 0 Å². The van der Waals surface area contributed by atoms with Crippen LogP contribution in [0.4, 0.5) is 4.39 Å². The first kappa shape index (κ1) is 10.9. The molecule has 0 unspecified atom stereocenters. The Bertz CT molecular complexity index is 329. The van der Waals surface area contributed by atoms with E-state index in [9.17, 15) is 4.39 Å². The van der Waals surface area contributed by atoms with Gasteiger partial charge in [-0.1, -0.05) is 19.9 Å². The summed E-state index contributed by atoms with van der Waals surface area (Å²) in [6.45, 7) is 6.94. The minimum atomic E-state index is -0.191. The lowest BCUT2D eigenvalue weighted by atomic mass is 10.1. The fraction of sp³-hybridized carbons (Fsp3) is 0.417. The molecule has 0 aliphatic carbocycles. The predicted molar refractivity (Wildman–Crippen MR) is 58.4 cm³/mol. The maximum absolute atomic E-state index is 12.8. The second-order valence-electron chi connectivity index (χ2n) is 3.89. The molecule has 0 bridgehead atoms. The van der Waals surface area contributed by atoms with Crippen molar-refractivity contribution in [2.24, 2.45) is 10.9 Å². The lowest BCUT2D eigenvalue weighted by molar-refractivity contribution is 0.626. The molecule has 0 aromatic heterocycles. The highest BCUT2D eigenvalue weighted by molar-refractivity contribution is 5.81. The summed E-state index contributed by atoms with van der Waals surface area (Å²) in [4.78, 5) is 4.28. The van der Waals surface area contributed by atoms with Crippen LogP contribution in [0.15, 0.2) is 23.2 Å². The lowest BCUT2D eigenvalue weighted by Crippen LogP contribution is -1.94. The van der Waals surface area contributed by atoms with Crippen molar-refractivity contribution in [3.05, 3.63) is 35.1 Å². The van der Waals surface area contributed by atoms with Gasteiger partial charge in [-0.25, -0.2) is 4.39 Å². The van der Waals surface area contributed by atoms with Crippen LogP contribution < -0.4 is 0 Å². The van der Waals surface area contributed by atoms with E-state index in [0.717, 1.165) is 17.7 Å². The van der Waals surface area contributed by atoms with Crippen molar-refractivity contribution in [1.82, 2.24) is 0 Å². The standard InChI is InChI=1S/C12H16FN/c1-9(2)7-14-8-11-4-5-12(13)6-10(11)3/h4-6,8-9H,7H2,1-3H3. The molecule has 1 nitrogen and oxygen atoms in total. The van der Waals surface area contributed by atoms with Crippen molar-refractivity contribution in [2.75, 3.05) is 6.54 Å². The molecule has 14 heavy (non-hydrogen) atoms. The second kappa shape index (κ2) is 4.89. The van der Waals surface area contributed by atoms with Gasteiger partial charge in [0.2, 0.25) is 0 Å². The Hall–Kier alpha value is -1.18. The van der Waals surface area contributed by atoms with Gasteiger partial charge in [-0.15, -0.1) is 0 Å². The number of rotatable bonds is 3. The van der Waals surface area contributed by atoms with Crippen LogP contribution in [-0.4, -0.2) is 12.8 Å². The van der Waals surface area contributed by atoms with Gasteiger partial charge in [0.1, 0.15) is 5.82 Å². The summed E-state index contributed by atoms with van der Waals surface area (Å²) in [7, 11) is 0. The zero-order valence-electron chi connectivity index (χ0n) is 8.92. The van der Waals surface area contributed by atoms with Gasteiger partial charge < -0.3 is 0 Å². The van der Waals surface area contributed by atoms with E-state index in [1.807, 2.05) is 13.1 Å². The van der Waals surface area contributed by atoms with E-state index in [1.54, 1.807) is 6.07 Å². The zero-order chi connectivity index (χ0) is 10.6. The number of halogens is 1. The first-order valence-electron chi connectivity index (χ1n) is 4.85. The molecule has 0 fully saturated rings. The summed E-state index contributed by atoms with van der Waals surface area (Å²) in [5, 5.41) is 0. The Morgan fingerprint density at radius 1 is 1.43 bits per heavy atom. The van der Waals surface area contributed by atoms with E-state index >= 15 is 0 Å². The smallest absolute Gasteiger partial charge is 0.123 e. The molecule has 0 aliphatic heterocycles. The fourth-order valence-corrected chi connectivity index (χ4v) is 1.15. The molecule has 0 atom stereocenters. The molecule has 1 rings (SSSR count). The summed E-state index contributed by atoms with van der Waals surface area (Å²) in [6, 6.07) is 4.74. The molecule has 0 saturated heterocycles. The third-order valence-corrected chi connectivity index (χ3v) is 1.93. The number of nitrogens with zero attached hydrogens (tertiary/aromatic N) is 1. The van der Waals surface area contributed by atoms with Gasteiger partial charge >= 0.3 is 0 Å². The minimum Gasteiger partial charge on any atom is -0.292 e. The Morgan fingerprint density at radius 2 is 2.14 bits per heavy atom. The topological polar surface area (TPSA) is 12.4 Å². The quantitative estimate of drug-likeness (QED) is 0.654. The third kappa shape index (κ3) is 3.29. The van der Waals surface area contributed by atoms with Crippen LogP contribution in [0.3, 0.4) is 0 Å². The molecular formula is C12H16FN. The van der Waals surface area contributed by atoms with E-state index in [-0.39, 0.29) is 5.82 Å². The maximum atomic E-state index is 12.8. The van der Waals surface area contributed by atoms with E-state index < -0.39 is 0 Å². The van der Waals surface area contributed by atoms with Gasteiger partial charge in [-0.05, 0) is 36.1 Å². The van der Waals surface area contributed by atoms with Crippen molar-refractivity contribution in [2.45, 2.75) is 20.8 Å². The summed E-state index contributed by atoms with van der Waals surface area (Å²) in [6.07, 6.45) is 1.81. The van der Waals surface area contributed by atoms with Crippen LogP contribution in [-0.2, 0) is 0 Å². The SMILES string of the molecule is Cc1cc(F)ccc1C=NCC(C)C. The highest BCUT2D eigenvalue weighted by Gasteiger charge is 1.96. The average molecular weight is 193 g/mol. The predicted octanol–water partition coefficient (Wildman–Crippen LogP) is 3.21. The molecule has 0 heterocycles. The van der Waals surface area contributed by atoms with Crippen molar-refractivity contribution in [1.29, 1.82) is 0 Å². The van der Waals surface area contributed by atoms with Crippen LogP contribution in [0.1, 0.15) is 25.0 Å². The van der Waals surface area contributed by atoms with E-state index in [2.05, 4.69) is 18.8 Å². The van der Waals surface area contributed by atoms with Crippen molar-refractivity contribution < 1.29 is 4.39 Å². The highest BCUT2D eigenvalue weighted by atomic mass is 19.1. The molecular weight excluding hydrogens is 177 g/mol. The Kier molecular flexibility index (Phi) is 3.81. The molecule has 76 valence electrons. The lowest BCUT2D eigenvalue weighted by Gasteiger charge is -2.00. The molecule has 0 N–H and O–H groups in total. The molecule has 0 amide bonds. The Balaban J connectivity index is 2.72. The summed E-state index contributed by atoms with van der Waals surface area (Å²) in [5.41, 5.74) is 1.92. The molecule has 1 aromatic carbocycles. The van der Waals surface area contributed by atoms with E-state index in [4.69, 9.17) is 0 Å². The number of hydrogen-bond donors (Lipinski definition) is 0. The van der Waals surface area contributed by atoms with Crippen LogP contribution >= 0.6 is 0 Å². The molecule has 0 saturated carbocycles. The average Bonchev–Trinajstić information content (AvgIpc) is 2.08. The molecule has 0 aliphatic rings. The minimum absolute atomic E-state index is 0.191. The number of hydrogen-bond acceptors (Lipinski definition) is 1. The fourth-order valence-electron chi connectivity index (χ4n) is 1.15. The maximum Gasteiger partial charge on any atom is 0.123 e. The third-order valence-electron chi connectivity index (χ3n) is 1.93. The largest absolute Gasteiger partial charge is 0.292 e. The number of aliphatic imine (C=N–C) groups is 1. The van der Waals surface area contributed by atoms with Crippen molar-refractivity contribution >= 4 is 6.21 Å². The van der Waals surface area contributed by atoms with Gasteiger partial charge in [-0.2, -0.15) is 0 Å². The van der Waals surface area contributed by atoms with Gasteiger partial charge in [0.05, 0.1) is 0 Å². The normalized spacial score (nSPS) is 11.5. The van der Waals surface area contributed by atoms with Crippen molar-refractivity contribution in [3.63, 3.8) is 0 Å². The highest BCUT2D eigenvalue weighted by Crippen LogP contribution is 2.07. The van der Waals surface area contributed by atoms with E-state index in [0.29, 0.717) is 5.92 Å². The first-order valence-corrected chi connectivity index (χ1v) is 4.85. The first-order chi connectivity index (χ1) is 6.59.